The summed E-state index contributed by atoms with van der Waals surface area (Å²) < 4.78 is 2.04. The van der Waals surface area contributed by atoms with Crippen LogP contribution in [0.5, 0.6) is 0 Å². The molecule has 4 rings (SSSR count). The molecule has 1 unspecified atom stereocenters. The molecule has 1 aliphatic heterocycles. The molecule has 0 spiro atoms. The Morgan fingerprint density at radius 1 is 1.14 bits per heavy atom. The number of fused-ring (bicyclic) bond motifs is 1. The van der Waals surface area contributed by atoms with E-state index in [-0.39, 0.29) is 34.3 Å². The minimum Gasteiger partial charge on any atom is -0.336 e. The zero-order chi connectivity index (χ0) is 31.5. The van der Waals surface area contributed by atoms with Crippen molar-refractivity contribution in [3.05, 3.63) is 70.3 Å². The van der Waals surface area contributed by atoms with E-state index in [1.165, 1.54) is 0 Å². The number of carbonyl (C=O) groups is 2. The van der Waals surface area contributed by atoms with Gasteiger partial charge in [-0.1, -0.05) is 65.3 Å². The molecule has 0 saturated carbocycles. The number of amides is 2. The van der Waals surface area contributed by atoms with Crippen LogP contribution in [-0.2, 0) is 11.3 Å². The molecule has 0 aliphatic carbocycles. The fraction of sp³-hybridized carbons (Fsp3) is 0.471. The molecular weight excluding hydrogens is 560 g/mol. The number of carbonyl (C=O) groups excluding carboxylic acids is 2. The first-order chi connectivity index (χ1) is 20.2. The average molecular weight is 603 g/mol. The number of rotatable bonds is 7. The molecule has 1 aromatic heterocycles. The first-order valence-corrected chi connectivity index (χ1v) is 15.3. The summed E-state index contributed by atoms with van der Waals surface area (Å²) in [5, 5.41) is 16.9. The summed E-state index contributed by atoms with van der Waals surface area (Å²) in [5.74, 6) is -0.134. The van der Waals surface area contributed by atoms with Gasteiger partial charge in [-0.2, -0.15) is 5.26 Å². The second kappa shape index (κ2) is 12.9. The number of halogens is 1. The second-order valence-electron chi connectivity index (χ2n) is 13.6. The number of benzene rings is 2. The van der Waals surface area contributed by atoms with E-state index in [0.29, 0.717) is 42.2 Å². The molecule has 3 aromatic rings. The Morgan fingerprint density at radius 2 is 1.84 bits per heavy atom. The SMILES string of the molecule is C[C@H](NCc1ccc2c(c1)nc(NC(=O)c1ccc(Cl)cc1)n2C1CCCN(C(=O)C(C#N)=CC(C)(C)C)C1)C(C)(C)C. The third-order valence-corrected chi connectivity index (χ3v) is 8.23. The second-order valence-corrected chi connectivity index (χ2v) is 14.1. The molecule has 228 valence electrons. The largest absolute Gasteiger partial charge is 0.336 e. The van der Waals surface area contributed by atoms with E-state index in [1.54, 1.807) is 35.2 Å². The molecule has 2 N–H and O–H groups in total. The lowest BCUT2D eigenvalue weighted by atomic mass is 9.88. The number of likely N-dealkylation sites (tertiary alicyclic amines) is 1. The van der Waals surface area contributed by atoms with Crippen molar-refractivity contribution in [3.63, 3.8) is 0 Å². The van der Waals surface area contributed by atoms with Gasteiger partial charge in [0.05, 0.1) is 17.1 Å². The Labute approximate surface area is 260 Å². The van der Waals surface area contributed by atoms with Crippen LogP contribution in [0.2, 0.25) is 5.02 Å². The predicted octanol–water partition coefficient (Wildman–Crippen LogP) is 7.13. The van der Waals surface area contributed by atoms with Crippen molar-refractivity contribution in [1.29, 1.82) is 5.26 Å². The standard InChI is InChI=1S/C34H43ClN6O2/c1-22(34(5,6)7)37-20-23-10-15-29-28(17-23)38-32(39-30(42)24-11-13-26(35)14-12-24)41(29)27-9-8-16-40(21-27)31(43)25(19-36)18-33(2,3)4/h10-15,17-18,22,27,37H,8-9,16,20-21H2,1-7H3,(H,38,39,42)/t22-,27?/m0/s1. The maximum absolute atomic E-state index is 13.4. The van der Waals surface area contributed by atoms with Crippen LogP contribution in [0.4, 0.5) is 5.95 Å². The van der Waals surface area contributed by atoms with Crippen LogP contribution < -0.4 is 10.6 Å². The summed E-state index contributed by atoms with van der Waals surface area (Å²) >= 11 is 6.04. The highest BCUT2D eigenvalue weighted by atomic mass is 35.5. The number of nitriles is 1. The highest BCUT2D eigenvalue weighted by Gasteiger charge is 2.30. The zero-order valence-electron chi connectivity index (χ0n) is 26.3. The summed E-state index contributed by atoms with van der Waals surface area (Å²) in [7, 11) is 0. The smallest absolute Gasteiger partial charge is 0.264 e. The topological polar surface area (TPSA) is 103 Å². The van der Waals surface area contributed by atoms with E-state index in [0.717, 1.165) is 29.4 Å². The van der Waals surface area contributed by atoms with E-state index in [9.17, 15) is 14.9 Å². The third kappa shape index (κ3) is 8.04. The first-order valence-electron chi connectivity index (χ1n) is 14.9. The number of anilines is 1. The Bertz CT molecular complexity index is 1550. The Morgan fingerprint density at radius 3 is 2.47 bits per heavy atom. The maximum atomic E-state index is 13.4. The molecule has 43 heavy (non-hydrogen) atoms. The quantitative estimate of drug-likeness (QED) is 0.221. The molecular formula is C34H43ClN6O2. The number of hydrogen-bond donors (Lipinski definition) is 2. The summed E-state index contributed by atoms with van der Waals surface area (Å²) in [6.45, 7) is 16.4. The van der Waals surface area contributed by atoms with Crippen LogP contribution in [-0.4, -0.2) is 45.4 Å². The molecule has 2 atom stereocenters. The van der Waals surface area contributed by atoms with Crippen molar-refractivity contribution >= 4 is 40.4 Å². The van der Waals surface area contributed by atoms with Gasteiger partial charge in [0.15, 0.2) is 0 Å². The van der Waals surface area contributed by atoms with Gasteiger partial charge in [0.1, 0.15) is 11.6 Å². The lowest BCUT2D eigenvalue weighted by Crippen LogP contribution is -2.41. The fourth-order valence-corrected chi connectivity index (χ4v) is 5.29. The minimum absolute atomic E-state index is 0.128. The molecule has 2 amide bonds. The third-order valence-electron chi connectivity index (χ3n) is 7.97. The number of nitrogens with zero attached hydrogens (tertiary/aromatic N) is 4. The monoisotopic (exact) mass is 602 g/mol. The number of allylic oxidation sites excluding steroid dienone is 1. The van der Waals surface area contributed by atoms with Crippen molar-refractivity contribution in [3.8, 4) is 6.07 Å². The summed E-state index contributed by atoms with van der Waals surface area (Å²) in [6, 6.07) is 15.2. The molecule has 2 heterocycles. The molecule has 0 bridgehead atoms. The number of aromatic nitrogens is 2. The van der Waals surface area contributed by atoms with Crippen molar-refractivity contribution in [1.82, 2.24) is 19.8 Å². The maximum Gasteiger partial charge on any atom is 0.264 e. The van der Waals surface area contributed by atoms with Crippen LogP contribution in [0.15, 0.2) is 54.1 Å². The van der Waals surface area contributed by atoms with Gasteiger partial charge in [-0.05, 0) is 72.6 Å². The molecule has 0 radical (unpaired) electrons. The van der Waals surface area contributed by atoms with Crippen LogP contribution in [0.25, 0.3) is 11.0 Å². The Balaban J connectivity index is 1.69. The lowest BCUT2D eigenvalue weighted by Gasteiger charge is -2.34. The fourth-order valence-electron chi connectivity index (χ4n) is 5.16. The Hall–Kier alpha value is -3.67. The number of imidazole rings is 1. The van der Waals surface area contributed by atoms with Gasteiger partial charge < -0.3 is 14.8 Å². The molecule has 1 saturated heterocycles. The van der Waals surface area contributed by atoms with Gasteiger partial charge in [-0.3, -0.25) is 14.9 Å². The number of nitrogens with one attached hydrogen (secondary N) is 2. The van der Waals surface area contributed by atoms with Gasteiger partial charge in [-0.15, -0.1) is 0 Å². The van der Waals surface area contributed by atoms with Gasteiger partial charge in [0.25, 0.3) is 11.8 Å². The zero-order valence-corrected chi connectivity index (χ0v) is 27.0. The van der Waals surface area contributed by atoms with E-state index in [2.05, 4.69) is 56.5 Å². The predicted molar refractivity (Wildman–Crippen MR) is 173 cm³/mol. The van der Waals surface area contributed by atoms with Crippen LogP contribution in [0, 0.1) is 22.2 Å². The van der Waals surface area contributed by atoms with Crippen LogP contribution in [0.3, 0.4) is 0 Å². The molecule has 1 aliphatic rings. The summed E-state index contributed by atoms with van der Waals surface area (Å²) in [5.41, 5.74) is 3.19. The van der Waals surface area contributed by atoms with Crippen LogP contribution in [0.1, 0.15) is 83.3 Å². The molecule has 9 heteroatoms. The number of hydrogen-bond acceptors (Lipinski definition) is 5. The molecule has 1 fully saturated rings. The summed E-state index contributed by atoms with van der Waals surface area (Å²) in [6.07, 6.45) is 3.30. The van der Waals surface area contributed by atoms with Gasteiger partial charge in [-0.25, -0.2) is 4.98 Å². The van der Waals surface area contributed by atoms with Crippen LogP contribution >= 0.6 is 11.6 Å². The van der Waals surface area contributed by atoms with E-state index in [1.807, 2.05) is 31.4 Å². The number of piperidine rings is 1. The first kappa shape index (κ1) is 32.2. The van der Waals surface area contributed by atoms with Crippen molar-refractivity contribution < 1.29 is 9.59 Å². The van der Waals surface area contributed by atoms with Crippen molar-refractivity contribution in [2.45, 2.75) is 79.9 Å². The van der Waals surface area contributed by atoms with E-state index >= 15 is 0 Å². The molecule has 8 nitrogen and oxygen atoms in total. The van der Waals surface area contributed by atoms with Crippen molar-refractivity contribution in [2.75, 3.05) is 18.4 Å². The summed E-state index contributed by atoms with van der Waals surface area (Å²) in [4.78, 5) is 33.3. The average Bonchev–Trinajstić information content (AvgIpc) is 3.30. The van der Waals surface area contributed by atoms with E-state index < -0.39 is 0 Å². The van der Waals surface area contributed by atoms with Crippen molar-refractivity contribution in [2.24, 2.45) is 10.8 Å². The molecule has 2 aromatic carbocycles. The van der Waals surface area contributed by atoms with Gasteiger partial charge in [0, 0.05) is 36.3 Å². The highest BCUT2D eigenvalue weighted by Crippen LogP contribution is 2.32. The van der Waals surface area contributed by atoms with Gasteiger partial charge >= 0.3 is 0 Å². The Kier molecular flexibility index (Phi) is 9.68. The van der Waals surface area contributed by atoms with Gasteiger partial charge in [0.2, 0.25) is 5.95 Å². The highest BCUT2D eigenvalue weighted by molar-refractivity contribution is 6.30. The lowest BCUT2D eigenvalue weighted by molar-refractivity contribution is -0.128. The minimum atomic E-state index is -0.299. The normalized spacial score (nSPS) is 17.0. The van der Waals surface area contributed by atoms with E-state index in [4.69, 9.17) is 16.6 Å².